The molecule has 4 aliphatic carbocycles. The summed E-state index contributed by atoms with van der Waals surface area (Å²) < 4.78 is 33.1. The first-order valence-corrected chi connectivity index (χ1v) is 15.6. The maximum Gasteiger partial charge on any atom is 0.347 e. The fourth-order valence-electron chi connectivity index (χ4n) is 10.7. The van der Waals surface area contributed by atoms with Crippen LogP contribution in [0.3, 0.4) is 0 Å². The molecule has 2 bridgehead atoms. The van der Waals surface area contributed by atoms with E-state index < -0.39 is 112 Å². The maximum absolute atomic E-state index is 13.5. The number of aliphatic hydroxyl groups excluding tert-OH is 1. The highest BCUT2D eigenvalue weighted by atomic mass is 16.6. The van der Waals surface area contributed by atoms with Crippen LogP contribution >= 0.6 is 0 Å². The van der Waals surface area contributed by atoms with Gasteiger partial charge in [-0.25, -0.2) is 9.59 Å². The van der Waals surface area contributed by atoms with Crippen molar-refractivity contribution in [3.8, 4) is 0 Å². The Morgan fingerprint density at radius 2 is 1.65 bits per heavy atom. The van der Waals surface area contributed by atoms with Crippen molar-refractivity contribution in [1.82, 2.24) is 0 Å². The first-order valence-electron chi connectivity index (χ1n) is 15.6. The number of furan rings is 1. The van der Waals surface area contributed by atoms with E-state index in [-0.39, 0.29) is 12.0 Å². The van der Waals surface area contributed by atoms with Crippen molar-refractivity contribution in [2.45, 2.75) is 102 Å². The Bertz CT molecular complexity index is 1620. The normalized spacial score (nSPS) is 45.9. The minimum Gasteiger partial charge on any atom is -0.472 e. The van der Waals surface area contributed by atoms with E-state index >= 15 is 0 Å². The molecule has 4 fully saturated rings. The van der Waals surface area contributed by atoms with Crippen LogP contribution < -0.4 is 0 Å². The molecule has 15 heteroatoms. The Kier molecular flexibility index (Phi) is 7.36. The van der Waals surface area contributed by atoms with Gasteiger partial charge in [0, 0.05) is 55.6 Å². The third-order valence-corrected chi connectivity index (χ3v) is 12.3. The van der Waals surface area contributed by atoms with Crippen LogP contribution in [0.1, 0.15) is 66.1 Å². The SMILES string of the molecule is COC(=O)C(OC(C)=O)C1C2(C)CC3(O)C(C2OC(C)=O)C(O)C2(O)C4=CC(=O)OC(c5ccoc5)C4(C)C(OC(C)=O)CC2(O)C13C. The molecule has 0 radical (unpaired) electrons. The zero-order valence-electron chi connectivity index (χ0n) is 27.5. The standard InChI is InChI=1S/C33H40O15/c1-14(34)45-19-11-32(41)30(6)23(22(27(39)43-7)46-15(2)35)28(4)13-31(30,40)21(26(28)47-16(3)36)24(38)33(32,42)18-10-20(37)48-25(29(18,19)5)17-8-9-44-12-17/h8-10,12,19,21-26,38,40-42H,11,13H2,1-7H3. The Hall–Kier alpha value is -3.79. The number of rotatable bonds is 6. The molecule has 13 unspecified atom stereocenters. The smallest absolute Gasteiger partial charge is 0.347 e. The number of aliphatic hydroxyl groups is 4. The van der Waals surface area contributed by atoms with E-state index in [1.165, 1.54) is 32.4 Å². The summed E-state index contributed by atoms with van der Waals surface area (Å²) in [7, 11) is 1.05. The number of ether oxygens (including phenoxy) is 5. The minimum atomic E-state index is -2.87. The van der Waals surface area contributed by atoms with Crippen LogP contribution in [0.2, 0.25) is 0 Å². The highest BCUT2D eigenvalue weighted by molar-refractivity contribution is 5.86. The predicted octanol–water partition coefficient (Wildman–Crippen LogP) is 0.412. The summed E-state index contributed by atoms with van der Waals surface area (Å²) in [6.45, 7) is 7.74. The van der Waals surface area contributed by atoms with Crippen molar-refractivity contribution in [3.05, 3.63) is 35.8 Å². The molecule has 0 aromatic carbocycles. The van der Waals surface area contributed by atoms with Crippen LogP contribution in [-0.4, -0.2) is 98.6 Å². The van der Waals surface area contributed by atoms with Crippen molar-refractivity contribution >= 4 is 29.8 Å². The molecule has 262 valence electrons. The summed E-state index contributed by atoms with van der Waals surface area (Å²) in [4.78, 5) is 64.5. The first kappa shape index (κ1) is 34.1. The summed E-state index contributed by atoms with van der Waals surface area (Å²) in [5.41, 5.74) is -13.1. The van der Waals surface area contributed by atoms with Gasteiger partial charge in [-0.1, -0.05) is 13.8 Å². The lowest BCUT2D eigenvalue weighted by Gasteiger charge is -2.74. The molecule has 4 N–H and O–H groups in total. The molecular formula is C33H40O15. The highest BCUT2D eigenvalue weighted by Crippen LogP contribution is 2.82. The number of cyclic esters (lactones) is 1. The molecule has 5 aliphatic rings. The zero-order chi connectivity index (χ0) is 35.6. The summed E-state index contributed by atoms with van der Waals surface area (Å²) in [6, 6.07) is 1.50. The van der Waals surface area contributed by atoms with E-state index in [0.29, 0.717) is 5.56 Å². The molecule has 13 atom stereocenters. The molecule has 0 amide bonds. The Morgan fingerprint density at radius 3 is 2.19 bits per heavy atom. The van der Waals surface area contributed by atoms with Crippen molar-refractivity contribution in [1.29, 1.82) is 0 Å². The summed E-state index contributed by atoms with van der Waals surface area (Å²) >= 11 is 0. The van der Waals surface area contributed by atoms with Gasteiger partial charge in [0.15, 0.2) is 0 Å². The summed E-state index contributed by atoms with van der Waals surface area (Å²) in [5, 5.41) is 51.8. The molecule has 48 heavy (non-hydrogen) atoms. The Labute approximate surface area is 275 Å². The van der Waals surface area contributed by atoms with Crippen LogP contribution in [0.5, 0.6) is 0 Å². The summed E-state index contributed by atoms with van der Waals surface area (Å²) in [5.74, 6) is -7.55. The molecular weight excluding hydrogens is 636 g/mol. The fraction of sp³-hybridized carbons (Fsp3) is 0.667. The number of fused-ring (bicyclic) bond motifs is 5. The lowest BCUT2D eigenvalue weighted by atomic mass is 9.35. The third kappa shape index (κ3) is 3.81. The van der Waals surface area contributed by atoms with Crippen molar-refractivity contribution in [2.75, 3.05) is 7.11 Å². The topological polar surface area (TPSA) is 226 Å². The van der Waals surface area contributed by atoms with Gasteiger partial charge < -0.3 is 48.5 Å². The molecule has 1 aliphatic heterocycles. The molecule has 15 nitrogen and oxygen atoms in total. The number of esters is 5. The summed E-state index contributed by atoms with van der Waals surface area (Å²) in [6.07, 6.45) is -5.51. The quantitative estimate of drug-likeness (QED) is 0.236. The molecule has 1 aromatic heterocycles. The lowest BCUT2D eigenvalue weighted by Crippen LogP contribution is -2.88. The van der Waals surface area contributed by atoms with Gasteiger partial charge in [-0.15, -0.1) is 0 Å². The van der Waals surface area contributed by atoms with Gasteiger partial charge in [0.05, 0.1) is 42.7 Å². The van der Waals surface area contributed by atoms with Crippen LogP contribution in [-0.2, 0) is 47.7 Å². The van der Waals surface area contributed by atoms with E-state index in [1.54, 1.807) is 6.92 Å². The van der Waals surface area contributed by atoms with Crippen molar-refractivity contribution in [3.63, 3.8) is 0 Å². The van der Waals surface area contributed by atoms with Gasteiger partial charge in [0.2, 0.25) is 6.10 Å². The van der Waals surface area contributed by atoms with E-state index in [2.05, 4.69) is 0 Å². The lowest BCUT2D eigenvalue weighted by molar-refractivity contribution is -0.384. The second-order valence-electron chi connectivity index (χ2n) is 14.5. The second kappa shape index (κ2) is 10.4. The maximum atomic E-state index is 13.5. The second-order valence-corrected chi connectivity index (χ2v) is 14.5. The van der Waals surface area contributed by atoms with Crippen LogP contribution in [0, 0.1) is 28.1 Å². The van der Waals surface area contributed by atoms with E-state index in [4.69, 9.17) is 28.1 Å². The number of carbonyl (C=O) groups excluding carboxylic acids is 5. The fourth-order valence-corrected chi connectivity index (χ4v) is 10.7. The number of carbonyl (C=O) groups is 5. The van der Waals surface area contributed by atoms with E-state index in [9.17, 15) is 44.4 Å². The van der Waals surface area contributed by atoms with Crippen LogP contribution in [0.4, 0.5) is 0 Å². The van der Waals surface area contributed by atoms with Gasteiger partial charge in [-0.3, -0.25) is 14.4 Å². The molecule has 0 saturated heterocycles. The van der Waals surface area contributed by atoms with Gasteiger partial charge in [0.25, 0.3) is 0 Å². The van der Waals surface area contributed by atoms with Gasteiger partial charge in [-0.2, -0.15) is 0 Å². The zero-order valence-corrected chi connectivity index (χ0v) is 27.5. The number of hydrogen-bond acceptors (Lipinski definition) is 15. The van der Waals surface area contributed by atoms with Crippen LogP contribution in [0.25, 0.3) is 0 Å². The average Bonchev–Trinajstić information content (AvgIpc) is 3.64. The Morgan fingerprint density at radius 1 is 1.00 bits per heavy atom. The Balaban J connectivity index is 1.69. The van der Waals surface area contributed by atoms with Crippen molar-refractivity contribution < 1.29 is 72.5 Å². The minimum absolute atomic E-state index is 0.295. The molecule has 2 heterocycles. The number of hydrogen-bond donors (Lipinski definition) is 4. The van der Waals surface area contributed by atoms with E-state index in [0.717, 1.165) is 34.0 Å². The molecule has 4 saturated carbocycles. The van der Waals surface area contributed by atoms with Crippen molar-refractivity contribution in [2.24, 2.45) is 28.1 Å². The monoisotopic (exact) mass is 676 g/mol. The predicted molar refractivity (Wildman–Crippen MR) is 156 cm³/mol. The van der Waals surface area contributed by atoms with Gasteiger partial charge >= 0.3 is 29.8 Å². The average molecular weight is 677 g/mol. The van der Waals surface area contributed by atoms with E-state index in [1.807, 2.05) is 0 Å². The molecule has 6 rings (SSSR count). The highest BCUT2D eigenvalue weighted by Gasteiger charge is 2.93. The van der Waals surface area contributed by atoms with Gasteiger partial charge in [0.1, 0.15) is 29.5 Å². The van der Waals surface area contributed by atoms with Gasteiger partial charge in [-0.05, 0) is 25.0 Å². The number of methoxy groups -OCH3 is 1. The van der Waals surface area contributed by atoms with Crippen LogP contribution in [0.15, 0.2) is 34.7 Å². The largest absolute Gasteiger partial charge is 0.472 e. The first-order chi connectivity index (χ1) is 22.2. The third-order valence-electron chi connectivity index (χ3n) is 12.3. The molecule has 1 aromatic rings. The molecule has 0 spiro atoms.